The number of piperidine rings is 1. The Kier molecular flexibility index (Phi) is 6.92. The summed E-state index contributed by atoms with van der Waals surface area (Å²) in [7, 11) is -1.64. The van der Waals surface area contributed by atoms with Gasteiger partial charge in [0, 0.05) is 50.1 Å². The zero-order valence-electron chi connectivity index (χ0n) is 16.6. The van der Waals surface area contributed by atoms with E-state index in [4.69, 9.17) is 4.74 Å². The molecule has 0 radical (unpaired) electrons. The molecule has 1 aliphatic rings. The average Bonchev–Trinajstić information content (AvgIpc) is 2.72. The number of nitrogens with one attached hydrogen (secondary N) is 1. The minimum atomic E-state index is -2.99. The Hall–Kier alpha value is -3.68. The van der Waals surface area contributed by atoms with Gasteiger partial charge in [-0.3, -0.25) is 4.79 Å². The lowest BCUT2D eigenvalue weighted by atomic mass is 10.1. The summed E-state index contributed by atoms with van der Waals surface area (Å²) in [5, 5.41) is 2.57. The molecule has 0 saturated carbocycles. The molecule has 2 amide bonds. The van der Waals surface area contributed by atoms with Crippen LogP contribution in [0, 0.1) is 0 Å². The van der Waals surface area contributed by atoms with Crippen LogP contribution in [0.5, 0.6) is 11.6 Å². The van der Waals surface area contributed by atoms with Crippen molar-refractivity contribution in [1.29, 1.82) is 0 Å². The molecule has 1 fully saturated rings. The molecule has 11 nitrogen and oxygen atoms in total. The van der Waals surface area contributed by atoms with Crippen LogP contribution in [-0.2, 0) is 10.5 Å². The van der Waals surface area contributed by atoms with Crippen LogP contribution < -0.4 is 19.7 Å². The van der Waals surface area contributed by atoms with Gasteiger partial charge in [0.2, 0.25) is 5.88 Å². The Morgan fingerprint density at radius 1 is 1.19 bits per heavy atom. The van der Waals surface area contributed by atoms with E-state index in [-0.39, 0.29) is 54.6 Å². The van der Waals surface area contributed by atoms with Gasteiger partial charge in [0.1, 0.15) is 17.1 Å². The van der Waals surface area contributed by atoms with Gasteiger partial charge in [-0.05, 0) is 12.1 Å². The molecule has 1 aliphatic heterocycles. The second-order valence-electron chi connectivity index (χ2n) is 6.57. The van der Waals surface area contributed by atoms with Gasteiger partial charge in [-0.2, -0.15) is 8.42 Å². The summed E-state index contributed by atoms with van der Waals surface area (Å²) in [6.07, 6.45) is 0.467. The highest BCUT2D eigenvalue weighted by atomic mass is 32.2. The van der Waals surface area contributed by atoms with E-state index in [2.05, 4.69) is 24.4 Å². The second kappa shape index (κ2) is 9.64. The maximum absolute atomic E-state index is 13.5. The van der Waals surface area contributed by atoms with Crippen molar-refractivity contribution in [3.63, 3.8) is 0 Å². The lowest BCUT2D eigenvalue weighted by Crippen LogP contribution is -2.40. The molecular formula is C18H17F2N5O6S. The largest absolute Gasteiger partial charge is 0.496 e. The van der Waals surface area contributed by atoms with Crippen molar-refractivity contribution in [1.82, 2.24) is 9.97 Å². The third-order valence-corrected chi connectivity index (χ3v) is 4.77. The number of amides is 2. The average molecular weight is 469 g/mol. The number of ether oxygens (including phenoxy) is 2. The fourth-order valence-electron chi connectivity index (χ4n) is 3.01. The molecule has 170 valence electrons. The smallest absolute Gasteiger partial charge is 0.455 e. The summed E-state index contributed by atoms with van der Waals surface area (Å²) in [5.41, 5.74) is 0.186. The van der Waals surface area contributed by atoms with Crippen LogP contribution in [0.1, 0.15) is 23.2 Å². The third kappa shape index (κ3) is 5.72. The monoisotopic (exact) mass is 469 g/mol. The third-order valence-electron chi connectivity index (χ3n) is 4.47. The summed E-state index contributed by atoms with van der Waals surface area (Å²) in [6.45, 7) is 0.0147. The maximum Gasteiger partial charge on any atom is 0.455 e. The molecule has 32 heavy (non-hydrogen) atoms. The summed E-state index contributed by atoms with van der Waals surface area (Å²) in [6, 6.07) is 4.02. The highest BCUT2D eigenvalue weighted by Gasteiger charge is 2.36. The van der Waals surface area contributed by atoms with Gasteiger partial charge in [0.15, 0.2) is 0 Å². The predicted molar refractivity (Wildman–Crippen MR) is 107 cm³/mol. The lowest BCUT2D eigenvalue weighted by molar-refractivity contribution is -0.0221. The Labute approximate surface area is 182 Å². The fourth-order valence-corrected chi connectivity index (χ4v) is 3.17. The maximum atomic E-state index is 13.5. The molecule has 0 atom stereocenters. The number of anilines is 2. The van der Waals surface area contributed by atoms with Crippen molar-refractivity contribution in [2.24, 2.45) is 4.36 Å². The number of hydrogen-bond acceptors (Lipinski definition) is 9. The van der Waals surface area contributed by atoms with Crippen molar-refractivity contribution in [2.45, 2.75) is 18.8 Å². The van der Waals surface area contributed by atoms with Crippen molar-refractivity contribution in [3.8, 4) is 11.6 Å². The normalized spacial score (nSPS) is 14.9. The van der Waals surface area contributed by atoms with E-state index in [0.29, 0.717) is 0 Å². The van der Waals surface area contributed by atoms with Crippen LogP contribution in [0.2, 0.25) is 0 Å². The molecular weight excluding hydrogens is 452 g/mol. The Balaban J connectivity index is 1.84. The molecule has 0 bridgehead atoms. The summed E-state index contributed by atoms with van der Waals surface area (Å²) in [4.78, 5) is 33.9. The number of aromatic nitrogens is 2. The molecule has 0 aromatic carbocycles. The standard InChI is InChI=1S/C18H17F2N5O6S/c1-30-12-3-7-22-15(25-8-4-18(19,20)5-9-25)14(12)16(26)23-11-2-6-21-13(10-11)31-17(27)24-32(28)29/h2-3,6-7,10H,4-5,8-9H2,1H3,(H,21,23,26). The molecule has 1 N–H and O–H groups in total. The molecule has 1 saturated heterocycles. The predicted octanol–water partition coefficient (Wildman–Crippen LogP) is 2.53. The van der Waals surface area contributed by atoms with Crippen LogP contribution >= 0.6 is 0 Å². The van der Waals surface area contributed by atoms with Crippen molar-refractivity contribution >= 4 is 34.0 Å². The first-order valence-corrected chi connectivity index (χ1v) is 10.2. The molecule has 0 aliphatic carbocycles. The molecule has 14 heteroatoms. The molecule has 2 aromatic heterocycles. The summed E-state index contributed by atoms with van der Waals surface area (Å²) in [5.74, 6) is -3.36. The van der Waals surface area contributed by atoms with Gasteiger partial charge in [0.05, 0.1) is 7.11 Å². The van der Waals surface area contributed by atoms with E-state index < -0.39 is 28.4 Å². The second-order valence-corrected chi connectivity index (χ2v) is 7.18. The highest BCUT2D eigenvalue weighted by Crippen LogP contribution is 2.34. The first kappa shape index (κ1) is 23.0. The van der Waals surface area contributed by atoms with E-state index in [1.54, 1.807) is 4.90 Å². The SMILES string of the molecule is COc1ccnc(N2CCC(F)(F)CC2)c1C(=O)Nc1ccnc(OC(=O)N=S(=O)=O)c1. The first-order chi connectivity index (χ1) is 15.2. The Bertz CT molecular complexity index is 1160. The zero-order chi connectivity index (χ0) is 23.3. The van der Waals surface area contributed by atoms with Crippen LogP contribution in [0.3, 0.4) is 0 Å². The molecule has 0 spiro atoms. The lowest BCUT2D eigenvalue weighted by Gasteiger charge is -2.33. The molecule has 0 unspecified atom stereocenters. The van der Waals surface area contributed by atoms with E-state index in [9.17, 15) is 26.8 Å². The Morgan fingerprint density at radius 2 is 1.88 bits per heavy atom. The van der Waals surface area contributed by atoms with Gasteiger partial charge in [0.25, 0.3) is 11.8 Å². The van der Waals surface area contributed by atoms with Crippen LogP contribution in [0.4, 0.5) is 25.1 Å². The summed E-state index contributed by atoms with van der Waals surface area (Å²) >= 11 is 0. The quantitative estimate of drug-likeness (QED) is 0.699. The number of carbonyl (C=O) groups excluding carboxylic acids is 2. The van der Waals surface area contributed by atoms with Crippen molar-refractivity contribution < 1.29 is 36.3 Å². The molecule has 3 heterocycles. The van der Waals surface area contributed by atoms with Gasteiger partial charge in [-0.1, -0.05) is 4.36 Å². The fraction of sp³-hybridized carbons (Fsp3) is 0.333. The van der Waals surface area contributed by atoms with Crippen molar-refractivity contribution in [2.75, 3.05) is 30.4 Å². The van der Waals surface area contributed by atoms with Crippen LogP contribution in [-0.4, -0.2) is 56.5 Å². The first-order valence-electron chi connectivity index (χ1n) is 9.14. The molecule has 2 aromatic rings. The van der Waals surface area contributed by atoms with Gasteiger partial charge < -0.3 is 19.7 Å². The van der Waals surface area contributed by atoms with E-state index in [0.717, 1.165) is 0 Å². The van der Waals surface area contributed by atoms with Gasteiger partial charge >= 0.3 is 16.6 Å². The summed E-state index contributed by atoms with van der Waals surface area (Å²) < 4.78 is 60.5. The topological polar surface area (TPSA) is 140 Å². The van der Waals surface area contributed by atoms with E-state index in [1.165, 1.54) is 37.7 Å². The van der Waals surface area contributed by atoms with E-state index >= 15 is 0 Å². The highest BCUT2D eigenvalue weighted by molar-refractivity contribution is 7.62. The molecule has 3 rings (SSSR count). The number of methoxy groups -OCH3 is 1. The van der Waals surface area contributed by atoms with Crippen molar-refractivity contribution in [3.05, 3.63) is 36.2 Å². The van der Waals surface area contributed by atoms with Gasteiger partial charge in [-0.15, -0.1) is 0 Å². The number of nitrogens with zero attached hydrogens (tertiary/aromatic N) is 4. The van der Waals surface area contributed by atoms with Crippen LogP contribution in [0.25, 0.3) is 0 Å². The number of alkyl halides is 2. The number of hydrogen-bond donors (Lipinski definition) is 1. The number of rotatable bonds is 5. The Morgan fingerprint density at radius 3 is 2.53 bits per heavy atom. The van der Waals surface area contributed by atoms with Gasteiger partial charge in [-0.25, -0.2) is 23.5 Å². The zero-order valence-corrected chi connectivity index (χ0v) is 17.4. The number of pyridine rings is 2. The minimum Gasteiger partial charge on any atom is -0.496 e. The number of carbonyl (C=O) groups is 2. The number of halogens is 2. The van der Waals surface area contributed by atoms with Crippen LogP contribution in [0.15, 0.2) is 35.0 Å². The van der Waals surface area contributed by atoms with E-state index in [1.807, 2.05) is 0 Å². The minimum absolute atomic E-state index is 0.00733.